The highest BCUT2D eigenvalue weighted by atomic mass is 16.1. The molecule has 0 bridgehead atoms. The van der Waals surface area contributed by atoms with Crippen molar-refractivity contribution in [3.05, 3.63) is 36.5 Å². The molecule has 1 unspecified atom stereocenters. The van der Waals surface area contributed by atoms with Crippen molar-refractivity contribution in [3.63, 3.8) is 0 Å². The highest BCUT2D eigenvalue weighted by Gasteiger charge is 2.15. The van der Waals surface area contributed by atoms with E-state index in [9.17, 15) is 4.79 Å². The monoisotopic (exact) mass is 239 g/mol. The molecule has 0 radical (unpaired) electrons. The van der Waals surface area contributed by atoms with Crippen molar-refractivity contribution in [2.75, 3.05) is 5.32 Å². The van der Waals surface area contributed by atoms with Gasteiger partial charge in [0.25, 0.3) is 0 Å². The van der Waals surface area contributed by atoms with E-state index in [1.807, 2.05) is 43.3 Å². The van der Waals surface area contributed by atoms with Crippen molar-refractivity contribution in [1.82, 2.24) is 4.98 Å². The first-order valence-electron chi connectivity index (χ1n) is 5.80. The number of aromatic nitrogens is 1. The number of anilines is 1. The molecule has 4 heteroatoms. The maximum absolute atomic E-state index is 11.7. The number of carbonyl (C=O) groups excluding carboxylic acids is 1. The molecule has 0 saturated carbocycles. The van der Waals surface area contributed by atoms with Gasteiger partial charge >= 0.3 is 0 Å². The molecule has 0 spiro atoms. The largest absolute Gasteiger partial charge is 0.324 e. The Balaban J connectivity index is 2.22. The van der Waals surface area contributed by atoms with Crippen LogP contribution in [0.1, 0.15) is 13.3 Å². The minimum absolute atomic E-state index is 0.280. The quantitative estimate of drug-likeness (QED) is 0.895. The number of nitrogens with zero attached hydrogens (tertiary/aromatic N) is 2. The average Bonchev–Trinajstić information content (AvgIpc) is 2.40. The number of nitrogens with one attached hydrogen (secondary N) is 1. The fourth-order valence-corrected chi connectivity index (χ4v) is 1.70. The van der Waals surface area contributed by atoms with Crippen LogP contribution in [-0.4, -0.2) is 10.9 Å². The van der Waals surface area contributed by atoms with Crippen LogP contribution >= 0.6 is 0 Å². The van der Waals surface area contributed by atoms with Crippen molar-refractivity contribution in [2.24, 2.45) is 5.92 Å². The Bertz CT molecular complexity index is 616. The average molecular weight is 239 g/mol. The highest BCUT2D eigenvalue weighted by Crippen LogP contribution is 2.17. The van der Waals surface area contributed by atoms with Crippen LogP contribution in [0.4, 0.5) is 5.69 Å². The summed E-state index contributed by atoms with van der Waals surface area (Å²) in [6.07, 6.45) is 2.10. The van der Waals surface area contributed by atoms with Crippen LogP contribution in [0.15, 0.2) is 36.5 Å². The van der Waals surface area contributed by atoms with Gasteiger partial charge in [0.2, 0.25) is 5.91 Å². The van der Waals surface area contributed by atoms with Crippen LogP contribution in [0.25, 0.3) is 10.9 Å². The van der Waals surface area contributed by atoms with Crippen molar-refractivity contribution >= 4 is 22.5 Å². The van der Waals surface area contributed by atoms with E-state index in [2.05, 4.69) is 10.3 Å². The molecule has 4 nitrogen and oxygen atoms in total. The van der Waals surface area contributed by atoms with E-state index in [1.165, 1.54) is 0 Å². The fraction of sp³-hybridized carbons (Fsp3) is 0.214. The number of benzene rings is 1. The van der Waals surface area contributed by atoms with Crippen LogP contribution < -0.4 is 5.32 Å². The minimum Gasteiger partial charge on any atom is -0.324 e. The molecule has 1 aromatic heterocycles. The molecule has 0 fully saturated rings. The Labute approximate surface area is 105 Å². The number of hydrogen-bond donors (Lipinski definition) is 1. The number of pyridine rings is 1. The van der Waals surface area contributed by atoms with E-state index in [0.717, 1.165) is 10.9 Å². The van der Waals surface area contributed by atoms with E-state index in [0.29, 0.717) is 12.1 Å². The molecule has 0 aliphatic rings. The van der Waals surface area contributed by atoms with E-state index >= 15 is 0 Å². The number of nitriles is 1. The standard InChI is InChI=1S/C14H13N3O/c1-2-10(8-15)14(18)17-12-7-11-5-3-4-6-13(11)16-9-12/h3-7,9-10H,2H2,1H3,(H,17,18). The summed E-state index contributed by atoms with van der Waals surface area (Å²) in [6, 6.07) is 11.5. The van der Waals surface area contributed by atoms with Gasteiger partial charge in [-0.3, -0.25) is 9.78 Å². The van der Waals surface area contributed by atoms with Gasteiger partial charge in [0.05, 0.1) is 23.5 Å². The highest BCUT2D eigenvalue weighted by molar-refractivity contribution is 5.95. The molecule has 18 heavy (non-hydrogen) atoms. The summed E-state index contributed by atoms with van der Waals surface area (Å²) in [5.41, 5.74) is 1.50. The van der Waals surface area contributed by atoms with Crippen LogP contribution in [0.5, 0.6) is 0 Å². The fourth-order valence-electron chi connectivity index (χ4n) is 1.70. The molecule has 1 N–H and O–H groups in total. The molecule has 0 saturated heterocycles. The van der Waals surface area contributed by atoms with E-state index in [4.69, 9.17) is 5.26 Å². The zero-order valence-electron chi connectivity index (χ0n) is 10.1. The van der Waals surface area contributed by atoms with E-state index in [1.54, 1.807) is 6.20 Å². The summed E-state index contributed by atoms with van der Waals surface area (Å²) in [5.74, 6) is -0.895. The van der Waals surface area contributed by atoms with Crippen molar-refractivity contribution < 1.29 is 4.79 Å². The third-order valence-corrected chi connectivity index (χ3v) is 2.74. The second-order valence-electron chi connectivity index (χ2n) is 4.00. The van der Waals surface area contributed by atoms with Gasteiger partial charge in [-0.25, -0.2) is 0 Å². The Morgan fingerprint density at radius 2 is 2.28 bits per heavy atom. The lowest BCUT2D eigenvalue weighted by Gasteiger charge is -2.08. The normalized spacial score (nSPS) is 11.8. The van der Waals surface area contributed by atoms with Gasteiger partial charge in [-0.05, 0) is 18.6 Å². The number of fused-ring (bicyclic) bond motifs is 1. The predicted molar refractivity (Wildman–Crippen MR) is 69.8 cm³/mol. The van der Waals surface area contributed by atoms with Crippen molar-refractivity contribution in [3.8, 4) is 6.07 Å². The van der Waals surface area contributed by atoms with Crippen LogP contribution in [0.2, 0.25) is 0 Å². The van der Waals surface area contributed by atoms with Crippen molar-refractivity contribution in [2.45, 2.75) is 13.3 Å². The Kier molecular flexibility index (Phi) is 3.54. The Morgan fingerprint density at radius 3 is 3.00 bits per heavy atom. The van der Waals surface area contributed by atoms with Gasteiger partial charge < -0.3 is 5.32 Å². The third-order valence-electron chi connectivity index (χ3n) is 2.74. The maximum Gasteiger partial charge on any atom is 0.241 e. The molecular weight excluding hydrogens is 226 g/mol. The molecule has 1 aromatic carbocycles. The van der Waals surface area contributed by atoms with E-state index < -0.39 is 5.92 Å². The molecule has 2 aromatic rings. The summed E-state index contributed by atoms with van der Waals surface area (Å²) in [5, 5.41) is 12.5. The SMILES string of the molecule is CCC(C#N)C(=O)Nc1cnc2ccccc2c1. The van der Waals surface area contributed by atoms with Gasteiger partial charge in [0.1, 0.15) is 5.92 Å². The summed E-state index contributed by atoms with van der Waals surface area (Å²) >= 11 is 0. The summed E-state index contributed by atoms with van der Waals surface area (Å²) in [4.78, 5) is 16.0. The number of carbonyl (C=O) groups is 1. The first-order valence-corrected chi connectivity index (χ1v) is 5.80. The summed E-state index contributed by atoms with van der Waals surface area (Å²) in [6.45, 7) is 1.81. The van der Waals surface area contributed by atoms with Crippen molar-refractivity contribution in [1.29, 1.82) is 5.26 Å². The molecule has 0 aliphatic heterocycles. The predicted octanol–water partition coefficient (Wildman–Crippen LogP) is 2.72. The lowest BCUT2D eigenvalue weighted by Crippen LogP contribution is -2.20. The van der Waals surface area contributed by atoms with Crippen LogP contribution in [0.3, 0.4) is 0 Å². The molecule has 2 rings (SSSR count). The van der Waals surface area contributed by atoms with E-state index in [-0.39, 0.29) is 5.91 Å². The maximum atomic E-state index is 11.7. The van der Waals surface area contributed by atoms with Gasteiger partial charge in [-0.1, -0.05) is 25.1 Å². The molecule has 90 valence electrons. The zero-order valence-corrected chi connectivity index (χ0v) is 10.1. The lowest BCUT2D eigenvalue weighted by atomic mass is 10.1. The summed E-state index contributed by atoms with van der Waals surface area (Å²) < 4.78 is 0. The topological polar surface area (TPSA) is 65.8 Å². The molecule has 1 atom stereocenters. The minimum atomic E-state index is -0.614. The summed E-state index contributed by atoms with van der Waals surface area (Å²) in [7, 11) is 0. The Hall–Kier alpha value is -2.41. The number of amides is 1. The second kappa shape index (κ2) is 5.28. The number of rotatable bonds is 3. The first-order chi connectivity index (χ1) is 8.74. The zero-order chi connectivity index (χ0) is 13.0. The second-order valence-corrected chi connectivity index (χ2v) is 4.00. The Morgan fingerprint density at radius 1 is 1.50 bits per heavy atom. The number of hydrogen-bond acceptors (Lipinski definition) is 3. The molecule has 1 heterocycles. The van der Waals surface area contributed by atoms with Crippen LogP contribution in [0, 0.1) is 17.2 Å². The van der Waals surface area contributed by atoms with Gasteiger partial charge in [-0.2, -0.15) is 5.26 Å². The molecular formula is C14H13N3O. The third kappa shape index (κ3) is 2.46. The molecule has 0 aliphatic carbocycles. The van der Waals surface area contributed by atoms with Gasteiger partial charge in [-0.15, -0.1) is 0 Å². The first kappa shape index (κ1) is 12.1. The van der Waals surface area contributed by atoms with Crippen LogP contribution in [-0.2, 0) is 4.79 Å². The smallest absolute Gasteiger partial charge is 0.241 e. The number of para-hydroxylation sites is 1. The molecule has 1 amide bonds. The lowest BCUT2D eigenvalue weighted by molar-refractivity contribution is -0.118. The van der Waals surface area contributed by atoms with Gasteiger partial charge in [0, 0.05) is 5.39 Å². The van der Waals surface area contributed by atoms with Gasteiger partial charge in [0.15, 0.2) is 0 Å².